The number of hydrogen-bond acceptors (Lipinski definition) is 1. The summed E-state index contributed by atoms with van der Waals surface area (Å²) in [6.07, 6.45) is 12.8. The van der Waals surface area contributed by atoms with Crippen LogP contribution in [-0.4, -0.2) is 10.9 Å². The van der Waals surface area contributed by atoms with Crippen molar-refractivity contribution >= 4 is 5.57 Å². The Balaban J connectivity index is 1.48. The minimum atomic E-state index is -2.44. The Morgan fingerprint density at radius 1 is 0.964 bits per heavy atom. The molecule has 152 valence electrons. The van der Waals surface area contributed by atoms with Gasteiger partial charge in [0.25, 0.3) is 0 Å². The van der Waals surface area contributed by atoms with Crippen molar-refractivity contribution in [3.8, 4) is 0 Å². The maximum Gasteiger partial charge on any atom is 0.248 e. The van der Waals surface area contributed by atoms with Gasteiger partial charge in [-0.15, -0.1) is 0 Å². The van der Waals surface area contributed by atoms with Gasteiger partial charge < -0.3 is 0 Å². The van der Waals surface area contributed by atoms with E-state index in [-0.39, 0.29) is 35.0 Å². The van der Waals surface area contributed by atoms with Gasteiger partial charge in [0.05, 0.1) is 0 Å². The maximum absolute atomic E-state index is 14.2. The summed E-state index contributed by atoms with van der Waals surface area (Å²) in [6, 6.07) is 4.23. The fraction of sp³-hybridized carbons (Fsp3) is 0.720. The van der Waals surface area contributed by atoms with E-state index in [9.17, 15) is 8.78 Å². The van der Waals surface area contributed by atoms with Crippen molar-refractivity contribution in [2.45, 2.75) is 78.1 Å². The first-order chi connectivity index (χ1) is 13.2. The van der Waals surface area contributed by atoms with Crippen molar-refractivity contribution in [3.63, 3.8) is 0 Å². The number of fused-ring (bicyclic) bond motifs is 5. The molecule has 0 bridgehead atoms. The first-order valence-electron chi connectivity index (χ1n) is 11.2. The third-order valence-electron chi connectivity index (χ3n) is 9.79. The molecule has 6 atom stereocenters. The lowest BCUT2D eigenvalue weighted by Crippen LogP contribution is -2.59. The van der Waals surface area contributed by atoms with Crippen molar-refractivity contribution in [2.24, 2.45) is 34.0 Å². The number of nitrogens with zero attached hydrogens (tertiary/aromatic N) is 1. The highest BCUT2D eigenvalue weighted by Gasteiger charge is 2.65. The standard InChI is InChI=1S/C25H33F2N/c1-22-12-13-25(26,27)15-18(22)8-10-24(3)20-7-6-19(17-5-4-14-28-16-17)23(20,2)11-9-21(22)24/h4-6,14,16,18,20-21H,7-13,15H2,1-3H3/t18?,20-,21-,22+,23-,24+/m1/s1. The Kier molecular flexibility index (Phi) is 3.95. The van der Waals surface area contributed by atoms with E-state index in [0.29, 0.717) is 18.3 Å². The predicted octanol–water partition coefficient (Wildman–Crippen LogP) is 7.14. The van der Waals surface area contributed by atoms with Crippen molar-refractivity contribution in [1.29, 1.82) is 0 Å². The third kappa shape index (κ3) is 2.43. The van der Waals surface area contributed by atoms with E-state index >= 15 is 0 Å². The summed E-state index contributed by atoms with van der Waals surface area (Å²) in [5.41, 5.74) is 3.29. The summed E-state index contributed by atoms with van der Waals surface area (Å²) in [5, 5.41) is 0. The van der Waals surface area contributed by atoms with Gasteiger partial charge in [0.2, 0.25) is 5.92 Å². The van der Waals surface area contributed by atoms with E-state index in [1.54, 1.807) is 0 Å². The molecule has 4 aliphatic carbocycles. The minimum absolute atomic E-state index is 0.0903. The van der Waals surface area contributed by atoms with E-state index in [0.717, 1.165) is 19.3 Å². The smallest absolute Gasteiger partial charge is 0.248 e. The first kappa shape index (κ1) is 18.8. The molecule has 5 rings (SSSR count). The lowest BCUT2D eigenvalue weighted by atomic mass is 9.39. The molecular formula is C25H33F2N. The highest BCUT2D eigenvalue weighted by atomic mass is 19.3. The highest BCUT2D eigenvalue weighted by Crippen LogP contribution is 2.72. The fourth-order valence-electron chi connectivity index (χ4n) is 8.37. The van der Waals surface area contributed by atoms with Crippen LogP contribution in [0.1, 0.15) is 77.7 Å². The Hall–Kier alpha value is -1.25. The Bertz CT molecular complexity index is 802. The molecule has 3 heteroatoms. The molecule has 1 aromatic rings. The van der Waals surface area contributed by atoms with Gasteiger partial charge in [-0.3, -0.25) is 4.98 Å². The average molecular weight is 386 g/mol. The molecule has 0 spiro atoms. The third-order valence-corrected chi connectivity index (χ3v) is 9.79. The summed E-state index contributed by atoms with van der Waals surface area (Å²) in [7, 11) is 0. The number of aromatic nitrogens is 1. The molecule has 0 aromatic carbocycles. The molecular weight excluding hydrogens is 352 g/mol. The number of allylic oxidation sites excluding steroid dienone is 2. The zero-order chi connectivity index (χ0) is 19.8. The SMILES string of the molecule is C[C@@]12CCC3CC(F)(F)CC[C@]3(C)[C@H]1CC[C@]1(C)C(c3cccnc3)=CC[C@@H]21. The molecule has 1 unspecified atom stereocenters. The van der Waals surface area contributed by atoms with Gasteiger partial charge in [0, 0.05) is 25.2 Å². The maximum atomic E-state index is 14.2. The van der Waals surface area contributed by atoms with Crippen LogP contribution in [-0.2, 0) is 0 Å². The van der Waals surface area contributed by atoms with Crippen LogP contribution in [0.2, 0.25) is 0 Å². The van der Waals surface area contributed by atoms with Crippen LogP contribution < -0.4 is 0 Å². The van der Waals surface area contributed by atoms with Gasteiger partial charge in [-0.2, -0.15) is 0 Å². The summed E-state index contributed by atoms with van der Waals surface area (Å²) >= 11 is 0. The number of pyridine rings is 1. The van der Waals surface area contributed by atoms with Crippen LogP contribution in [0, 0.1) is 34.0 Å². The van der Waals surface area contributed by atoms with Crippen molar-refractivity contribution in [1.82, 2.24) is 4.98 Å². The predicted molar refractivity (Wildman–Crippen MR) is 109 cm³/mol. The summed E-state index contributed by atoms with van der Waals surface area (Å²) in [6.45, 7) is 7.34. The van der Waals surface area contributed by atoms with E-state index in [4.69, 9.17) is 0 Å². The molecule has 28 heavy (non-hydrogen) atoms. The molecule has 4 aliphatic rings. The zero-order valence-corrected chi connectivity index (χ0v) is 17.5. The lowest BCUT2D eigenvalue weighted by molar-refractivity contribution is -0.189. The lowest BCUT2D eigenvalue weighted by Gasteiger charge is -2.65. The molecule has 1 heterocycles. The van der Waals surface area contributed by atoms with Gasteiger partial charge >= 0.3 is 0 Å². The summed E-state index contributed by atoms with van der Waals surface area (Å²) < 4.78 is 28.3. The quantitative estimate of drug-likeness (QED) is 0.500. The molecule has 0 saturated heterocycles. The van der Waals surface area contributed by atoms with Gasteiger partial charge in [-0.1, -0.05) is 32.9 Å². The van der Waals surface area contributed by atoms with Gasteiger partial charge in [-0.05, 0) is 89.7 Å². The Labute approximate surface area is 168 Å². The molecule has 3 fully saturated rings. The van der Waals surface area contributed by atoms with Crippen LogP contribution >= 0.6 is 0 Å². The topological polar surface area (TPSA) is 12.9 Å². The van der Waals surface area contributed by atoms with Crippen LogP contribution in [0.4, 0.5) is 8.78 Å². The number of rotatable bonds is 1. The van der Waals surface area contributed by atoms with Gasteiger partial charge in [0.15, 0.2) is 0 Å². The van der Waals surface area contributed by atoms with Crippen LogP contribution in [0.25, 0.3) is 5.57 Å². The minimum Gasteiger partial charge on any atom is -0.264 e. The Morgan fingerprint density at radius 3 is 2.54 bits per heavy atom. The van der Waals surface area contributed by atoms with E-state index < -0.39 is 5.92 Å². The van der Waals surface area contributed by atoms with Crippen LogP contribution in [0.3, 0.4) is 0 Å². The molecule has 0 radical (unpaired) electrons. The molecule has 0 aliphatic heterocycles. The van der Waals surface area contributed by atoms with Crippen LogP contribution in [0.5, 0.6) is 0 Å². The largest absolute Gasteiger partial charge is 0.264 e. The normalized spacial score (nSPS) is 46.9. The molecule has 1 aromatic heterocycles. The second kappa shape index (κ2) is 5.89. The zero-order valence-electron chi connectivity index (χ0n) is 17.5. The highest BCUT2D eigenvalue weighted by molar-refractivity contribution is 5.72. The van der Waals surface area contributed by atoms with Crippen molar-refractivity contribution < 1.29 is 8.78 Å². The van der Waals surface area contributed by atoms with Crippen LogP contribution in [0.15, 0.2) is 30.6 Å². The van der Waals surface area contributed by atoms with Crippen molar-refractivity contribution in [3.05, 3.63) is 36.2 Å². The van der Waals surface area contributed by atoms with Crippen molar-refractivity contribution in [2.75, 3.05) is 0 Å². The van der Waals surface area contributed by atoms with Gasteiger partial charge in [-0.25, -0.2) is 8.78 Å². The molecule has 0 N–H and O–H groups in total. The number of alkyl halides is 2. The Morgan fingerprint density at radius 2 is 1.79 bits per heavy atom. The van der Waals surface area contributed by atoms with Gasteiger partial charge in [0.1, 0.15) is 0 Å². The number of halogens is 2. The second-order valence-corrected chi connectivity index (χ2v) is 11.0. The molecule has 3 saturated carbocycles. The summed E-state index contributed by atoms with van der Waals surface area (Å²) in [4.78, 5) is 4.36. The second-order valence-electron chi connectivity index (χ2n) is 11.0. The number of hydrogen-bond donors (Lipinski definition) is 0. The average Bonchev–Trinajstić information content (AvgIpc) is 3.02. The van der Waals surface area contributed by atoms with E-state index in [2.05, 4.69) is 37.9 Å². The molecule has 1 nitrogen and oxygen atoms in total. The monoisotopic (exact) mass is 385 g/mol. The first-order valence-corrected chi connectivity index (χ1v) is 11.2. The van der Waals surface area contributed by atoms with E-state index in [1.165, 1.54) is 24.0 Å². The fourth-order valence-corrected chi connectivity index (χ4v) is 8.37. The molecule has 0 amide bonds. The summed E-state index contributed by atoms with van der Waals surface area (Å²) in [5.74, 6) is -1.04. The van der Waals surface area contributed by atoms with E-state index in [1.807, 2.05) is 18.5 Å².